The minimum Gasteiger partial charge on any atom is -0.493 e. The van der Waals surface area contributed by atoms with E-state index in [0.29, 0.717) is 36.3 Å². The summed E-state index contributed by atoms with van der Waals surface area (Å²) in [6, 6.07) is 7.97. The molecule has 1 N–H and O–H groups in total. The molecule has 2 aromatic carbocycles. The zero-order chi connectivity index (χ0) is 27.0. The Morgan fingerprint density at radius 2 is 1.95 bits per heavy atom. The number of hydrogen-bond acceptors (Lipinski definition) is 5. The van der Waals surface area contributed by atoms with Gasteiger partial charge in [-0.3, -0.25) is 4.79 Å². The van der Waals surface area contributed by atoms with E-state index in [1.165, 1.54) is 12.1 Å². The van der Waals surface area contributed by atoms with Crippen LogP contribution in [0.15, 0.2) is 36.4 Å². The molecule has 2 heterocycles. The van der Waals surface area contributed by atoms with Crippen LogP contribution < -0.4 is 9.47 Å². The minimum atomic E-state index is -4.43. The molecule has 5 atom stereocenters. The molecule has 0 radical (unpaired) electrons. The number of rotatable bonds is 2. The van der Waals surface area contributed by atoms with E-state index in [2.05, 4.69) is 22.8 Å². The first kappa shape index (κ1) is 25.1. The van der Waals surface area contributed by atoms with Crippen LogP contribution in [-0.4, -0.2) is 72.4 Å². The summed E-state index contributed by atoms with van der Waals surface area (Å²) >= 11 is 0. The second-order valence-corrected chi connectivity index (χ2v) is 10.9. The van der Waals surface area contributed by atoms with Crippen LogP contribution in [0.3, 0.4) is 0 Å². The number of benzene rings is 2. The van der Waals surface area contributed by atoms with Gasteiger partial charge in [-0.05, 0) is 75.2 Å². The van der Waals surface area contributed by atoms with Crippen molar-refractivity contribution in [2.45, 2.75) is 61.1 Å². The van der Waals surface area contributed by atoms with Gasteiger partial charge in [-0.15, -0.1) is 0 Å². The fourth-order valence-electron chi connectivity index (χ4n) is 7.38. The normalized spacial score (nSPS) is 31.0. The van der Waals surface area contributed by atoms with E-state index in [1.54, 1.807) is 19.1 Å². The highest BCUT2D eigenvalue weighted by Gasteiger charge is 2.73. The third-order valence-electron chi connectivity index (χ3n) is 9.25. The highest BCUT2D eigenvalue weighted by Crippen LogP contribution is 2.65. The quantitative estimate of drug-likeness (QED) is 0.609. The summed E-state index contributed by atoms with van der Waals surface area (Å²) in [5, 5.41) is 12.3. The van der Waals surface area contributed by atoms with Gasteiger partial charge in [0.2, 0.25) is 0 Å². The van der Waals surface area contributed by atoms with Crippen molar-refractivity contribution in [3.8, 4) is 23.3 Å². The largest absolute Gasteiger partial charge is 0.493 e. The van der Waals surface area contributed by atoms with E-state index in [9.17, 15) is 23.1 Å². The number of carbonyl (C=O) groups is 1. The molecule has 1 amide bonds. The number of alkyl halides is 3. The number of nitrogens with zero attached hydrogens (tertiary/aromatic N) is 2. The number of methoxy groups -OCH3 is 1. The summed E-state index contributed by atoms with van der Waals surface area (Å²) in [6.07, 6.45) is -2.48. The number of aliphatic hydroxyl groups is 1. The number of halogens is 3. The van der Waals surface area contributed by atoms with Crippen LogP contribution in [0.1, 0.15) is 41.5 Å². The maximum Gasteiger partial charge on any atom is 0.416 e. The van der Waals surface area contributed by atoms with Gasteiger partial charge in [-0.2, -0.15) is 13.2 Å². The Labute approximate surface area is 219 Å². The number of amides is 1. The first-order valence-electron chi connectivity index (χ1n) is 12.8. The third kappa shape index (κ3) is 3.33. The second kappa shape index (κ2) is 8.39. The Morgan fingerprint density at radius 1 is 1.21 bits per heavy atom. The predicted octanol–water partition coefficient (Wildman–Crippen LogP) is 3.38. The van der Waals surface area contributed by atoms with Gasteiger partial charge >= 0.3 is 6.18 Å². The van der Waals surface area contributed by atoms with E-state index in [4.69, 9.17) is 9.47 Å². The maximum atomic E-state index is 13.2. The summed E-state index contributed by atoms with van der Waals surface area (Å²) in [6.45, 7) is 0.793. The fraction of sp³-hybridized carbons (Fsp3) is 0.483. The molecule has 0 aromatic heterocycles. The Kier molecular flexibility index (Phi) is 5.54. The molecule has 2 aliphatic heterocycles. The number of hydrogen-bond donors (Lipinski definition) is 1. The van der Waals surface area contributed by atoms with Crippen LogP contribution in [0.4, 0.5) is 13.2 Å². The summed E-state index contributed by atoms with van der Waals surface area (Å²) in [4.78, 5) is 17.0. The van der Waals surface area contributed by atoms with Crippen molar-refractivity contribution >= 4 is 5.91 Å². The van der Waals surface area contributed by atoms with Crippen LogP contribution >= 0.6 is 0 Å². The smallest absolute Gasteiger partial charge is 0.416 e. The van der Waals surface area contributed by atoms with Crippen molar-refractivity contribution in [1.29, 1.82) is 0 Å². The highest BCUT2D eigenvalue weighted by atomic mass is 19.4. The van der Waals surface area contributed by atoms with Crippen LogP contribution in [-0.2, 0) is 22.8 Å². The summed E-state index contributed by atoms with van der Waals surface area (Å²) < 4.78 is 50.8. The van der Waals surface area contributed by atoms with Gasteiger partial charge in [0, 0.05) is 30.1 Å². The number of piperidine rings is 1. The Morgan fingerprint density at radius 3 is 2.63 bits per heavy atom. The van der Waals surface area contributed by atoms with Crippen LogP contribution in [0, 0.1) is 11.8 Å². The first-order valence-corrected chi connectivity index (χ1v) is 12.8. The molecule has 0 unspecified atom stereocenters. The summed E-state index contributed by atoms with van der Waals surface area (Å²) in [5.74, 6) is 6.10. The Balaban J connectivity index is 1.34. The number of carbonyl (C=O) groups excluding carboxylic acids is 1. The number of likely N-dealkylation sites (tertiary alicyclic amines) is 1. The molecule has 200 valence electrons. The average Bonchev–Trinajstić information content (AvgIpc) is 3.24. The topological polar surface area (TPSA) is 62.2 Å². The molecule has 6 nitrogen and oxygen atoms in total. The molecular weight excluding hydrogens is 497 g/mol. The van der Waals surface area contributed by atoms with Crippen molar-refractivity contribution in [1.82, 2.24) is 9.80 Å². The van der Waals surface area contributed by atoms with E-state index < -0.39 is 34.8 Å². The molecule has 6 rings (SSSR count). The van der Waals surface area contributed by atoms with Crippen molar-refractivity contribution in [3.63, 3.8) is 0 Å². The van der Waals surface area contributed by atoms with E-state index in [1.807, 2.05) is 13.1 Å². The monoisotopic (exact) mass is 526 g/mol. The minimum absolute atomic E-state index is 0.0596. The lowest BCUT2D eigenvalue weighted by atomic mass is 9.48. The van der Waals surface area contributed by atoms with Crippen LogP contribution in [0.2, 0.25) is 0 Å². The Hall–Kier alpha value is -3.22. The van der Waals surface area contributed by atoms with Gasteiger partial charge in [0.15, 0.2) is 11.5 Å². The molecule has 4 aliphatic rings. The zero-order valence-electron chi connectivity index (χ0n) is 21.4. The molecule has 1 saturated carbocycles. The van der Waals surface area contributed by atoms with Crippen LogP contribution in [0.5, 0.6) is 11.5 Å². The zero-order valence-corrected chi connectivity index (χ0v) is 21.4. The molecule has 9 heteroatoms. The molecule has 2 aromatic rings. The first-order chi connectivity index (χ1) is 18.0. The lowest BCUT2D eigenvalue weighted by Crippen LogP contribution is -2.77. The second-order valence-electron chi connectivity index (χ2n) is 10.9. The lowest BCUT2D eigenvalue weighted by Gasteiger charge is -2.64. The van der Waals surface area contributed by atoms with Crippen molar-refractivity contribution < 1.29 is 32.5 Å². The third-order valence-corrected chi connectivity index (χ3v) is 9.25. The lowest BCUT2D eigenvalue weighted by molar-refractivity contribution is -0.195. The molecule has 2 aliphatic carbocycles. The fourth-order valence-corrected chi connectivity index (χ4v) is 7.38. The van der Waals surface area contributed by atoms with E-state index >= 15 is 0 Å². The molecule has 1 saturated heterocycles. The summed E-state index contributed by atoms with van der Waals surface area (Å²) in [5.41, 5.74) is 0.00997. The Bertz CT molecular complexity index is 1360. The highest BCUT2D eigenvalue weighted by molar-refractivity contribution is 5.94. The van der Waals surface area contributed by atoms with E-state index in [-0.39, 0.29) is 12.1 Å². The standard InChI is InChI=1S/C29H29F3N2O4/c1-33-15-14-27-24-18-7-10-21(37-3)25(24)38-26(27)20(12-13-28(27,36)22(33)16-18)34(2)23(35)11-6-17-4-8-19(9-5-17)29(30,31)32/h4-5,7-10,20,22,26,36H,12-16H2,1-3H3/t20-,22-,26+,27+,28-/m1/s1. The molecule has 2 bridgehead atoms. The van der Waals surface area contributed by atoms with Crippen molar-refractivity contribution in [2.24, 2.45) is 0 Å². The van der Waals surface area contributed by atoms with Gasteiger partial charge in [-0.1, -0.05) is 12.0 Å². The van der Waals surface area contributed by atoms with E-state index in [0.717, 1.165) is 36.2 Å². The maximum absolute atomic E-state index is 13.2. The van der Waals surface area contributed by atoms with Crippen molar-refractivity contribution in [2.75, 3.05) is 27.7 Å². The van der Waals surface area contributed by atoms with Gasteiger partial charge in [0.05, 0.1) is 29.7 Å². The van der Waals surface area contributed by atoms with Gasteiger partial charge in [-0.25, -0.2) is 0 Å². The SMILES string of the molecule is COc1ccc2c3c1O[C@H]1[C@H](N(C)C(=O)C#Cc4ccc(C(F)(F)F)cc4)CC[C@@]4(O)[C@@H](C2)N(C)CC[C@]314. The molecule has 38 heavy (non-hydrogen) atoms. The average molecular weight is 527 g/mol. The molecule has 1 spiro atoms. The predicted molar refractivity (Wildman–Crippen MR) is 133 cm³/mol. The van der Waals surface area contributed by atoms with Gasteiger partial charge in [0.1, 0.15) is 6.10 Å². The van der Waals surface area contributed by atoms with Gasteiger partial charge < -0.3 is 24.4 Å². The molecular formula is C29H29F3N2O4. The van der Waals surface area contributed by atoms with Crippen LogP contribution in [0.25, 0.3) is 0 Å². The van der Waals surface area contributed by atoms with Crippen molar-refractivity contribution in [3.05, 3.63) is 58.7 Å². The van der Waals surface area contributed by atoms with Gasteiger partial charge in [0.25, 0.3) is 5.91 Å². The molecule has 2 fully saturated rings. The summed E-state index contributed by atoms with van der Waals surface area (Å²) in [7, 11) is 5.32. The number of likely N-dealkylation sites (N-methyl/N-ethyl adjacent to an activating group) is 2. The number of ether oxygens (including phenoxy) is 2.